The van der Waals surface area contributed by atoms with Crippen LogP contribution in [-0.2, 0) is 6.42 Å². The molecule has 3 aliphatic carbocycles. The molecule has 0 amide bonds. The van der Waals surface area contributed by atoms with Crippen molar-refractivity contribution >= 4 is 0 Å². The van der Waals surface area contributed by atoms with Gasteiger partial charge < -0.3 is 9.84 Å². The summed E-state index contributed by atoms with van der Waals surface area (Å²) in [6.07, 6.45) is 6.58. The van der Waals surface area contributed by atoms with Crippen LogP contribution in [0.2, 0.25) is 0 Å². The van der Waals surface area contributed by atoms with E-state index in [0.717, 1.165) is 31.4 Å². The average molecular weight is 324 g/mol. The monoisotopic (exact) mass is 324 g/mol. The van der Waals surface area contributed by atoms with Crippen molar-refractivity contribution in [1.29, 1.82) is 0 Å². The standard InChI is InChI=1S/C22H28O2/c1-4-11-22(23)13-10-20-19-7-5-15-14-16(24-3)6-8-17(15)18(19)9-12-21(20,22)2/h6,8,14,18-20,23H,5,7,9-10,12-13H2,1-3H3/t18-,19-,20+,21+,22+/m1/s1. The second-order valence-corrected chi connectivity index (χ2v) is 8.21. The molecule has 0 bridgehead atoms. The minimum atomic E-state index is -0.780. The highest BCUT2D eigenvalue weighted by Gasteiger charge is 2.61. The van der Waals surface area contributed by atoms with E-state index < -0.39 is 5.60 Å². The third-order valence-electron chi connectivity index (χ3n) is 7.42. The first-order valence-corrected chi connectivity index (χ1v) is 9.35. The van der Waals surface area contributed by atoms with Gasteiger partial charge in [0, 0.05) is 5.41 Å². The Morgan fingerprint density at radius 3 is 2.79 bits per heavy atom. The van der Waals surface area contributed by atoms with Gasteiger partial charge in [0.2, 0.25) is 0 Å². The number of benzene rings is 1. The van der Waals surface area contributed by atoms with Crippen LogP contribution < -0.4 is 4.74 Å². The molecule has 2 heteroatoms. The van der Waals surface area contributed by atoms with E-state index >= 15 is 0 Å². The first-order chi connectivity index (χ1) is 11.5. The average Bonchev–Trinajstić information content (AvgIpc) is 2.86. The lowest BCUT2D eigenvalue weighted by Crippen LogP contribution is -2.50. The van der Waals surface area contributed by atoms with Crippen molar-refractivity contribution in [3.05, 3.63) is 29.3 Å². The van der Waals surface area contributed by atoms with E-state index in [9.17, 15) is 5.11 Å². The molecule has 0 radical (unpaired) electrons. The van der Waals surface area contributed by atoms with Crippen LogP contribution in [0.1, 0.15) is 63.0 Å². The maximum Gasteiger partial charge on any atom is 0.131 e. The van der Waals surface area contributed by atoms with Crippen LogP contribution in [0.15, 0.2) is 18.2 Å². The van der Waals surface area contributed by atoms with Crippen LogP contribution in [0, 0.1) is 29.1 Å². The molecule has 0 saturated heterocycles. The van der Waals surface area contributed by atoms with Crippen LogP contribution in [0.3, 0.4) is 0 Å². The Morgan fingerprint density at radius 2 is 2.04 bits per heavy atom. The molecule has 3 aliphatic rings. The third kappa shape index (κ3) is 2.07. The van der Waals surface area contributed by atoms with Gasteiger partial charge in [0.05, 0.1) is 7.11 Å². The van der Waals surface area contributed by atoms with Crippen molar-refractivity contribution in [2.75, 3.05) is 7.11 Å². The van der Waals surface area contributed by atoms with Gasteiger partial charge in [-0.3, -0.25) is 0 Å². The molecular formula is C22H28O2. The van der Waals surface area contributed by atoms with Crippen LogP contribution in [0.4, 0.5) is 0 Å². The number of ether oxygens (including phenoxy) is 1. The van der Waals surface area contributed by atoms with Crippen LogP contribution in [-0.4, -0.2) is 17.8 Å². The molecular weight excluding hydrogens is 296 g/mol. The van der Waals surface area contributed by atoms with Gasteiger partial charge in [0.15, 0.2) is 0 Å². The summed E-state index contributed by atoms with van der Waals surface area (Å²) >= 11 is 0. The molecule has 2 saturated carbocycles. The number of fused-ring (bicyclic) bond motifs is 5. The molecule has 0 aromatic heterocycles. The molecule has 2 nitrogen and oxygen atoms in total. The zero-order chi connectivity index (χ0) is 16.9. The van der Waals surface area contributed by atoms with Gasteiger partial charge in [-0.05, 0) is 86.5 Å². The minimum absolute atomic E-state index is 0.0405. The van der Waals surface area contributed by atoms with Crippen LogP contribution in [0.25, 0.3) is 0 Å². The fourth-order valence-electron chi connectivity index (χ4n) is 6.11. The number of methoxy groups -OCH3 is 1. The molecule has 0 aliphatic heterocycles. The molecule has 4 rings (SSSR count). The Bertz CT molecular complexity index is 712. The lowest BCUT2D eigenvalue weighted by Gasteiger charge is -2.52. The van der Waals surface area contributed by atoms with E-state index in [4.69, 9.17) is 4.74 Å². The molecule has 1 N–H and O–H groups in total. The van der Waals surface area contributed by atoms with E-state index in [0.29, 0.717) is 17.8 Å². The number of aryl methyl sites for hydroxylation is 1. The molecule has 5 atom stereocenters. The third-order valence-corrected chi connectivity index (χ3v) is 7.42. The van der Waals surface area contributed by atoms with E-state index in [1.807, 2.05) is 6.92 Å². The normalized spacial score (nSPS) is 39.9. The Hall–Kier alpha value is -1.46. The molecule has 0 spiro atoms. The number of aliphatic hydroxyl groups is 1. The lowest BCUT2D eigenvalue weighted by molar-refractivity contribution is -0.0648. The van der Waals surface area contributed by atoms with Crippen molar-refractivity contribution in [1.82, 2.24) is 0 Å². The van der Waals surface area contributed by atoms with Gasteiger partial charge in [0.1, 0.15) is 11.4 Å². The predicted molar refractivity (Wildman–Crippen MR) is 96.0 cm³/mol. The fraction of sp³-hybridized carbons (Fsp3) is 0.636. The highest BCUT2D eigenvalue weighted by Crippen LogP contribution is 2.64. The van der Waals surface area contributed by atoms with Crippen molar-refractivity contribution in [2.45, 2.75) is 63.9 Å². The highest BCUT2D eigenvalue weighted by atomic mass is 16.5. The Labute approximate surface area is 145 Å². The molecule has 1 aromatic carbocycles. The largest absolute Gasteiger partial charge is 0.497 e. The summed E-state index contributed by atoms with van der Waals surface area (Å²) in [5.41, 5.74) is 2.19. The zero-order valence-electron chi connectivity index (χ0n) is 15.1. The zero-order valence-corrected chi connectivity index (χ0v) is 15.1. The minimum Gasteiger partial charge on any atom is -0.497 e. The summed E-state index contributed by atoms with van der Waals surface area (Å²) in [5, 5.41) is 11.2. The van der Waals surface area contributed by atoms with Crippen LogP contribution in [0.5, 0.6) is 5.75 Å². The van der Waals surface area contributed by atoms with E-state index in [1.165, 1.54) is 24.0 Å². The van der Waals surface area contributed by atoms with Crippen molar-refractivity contribution < 1.29 is 9.84 Å². The van der Waals surface area contributed by atoms with Gasteiger partial charge in [-0.2, -0.15) is 0 Å². The van der Waals surface area contributed by atoms with Gasteiger partial charge in [-0.1, -0.05) is 18.9 Å². The SMILES string of the molecule is CC#C[C@]1(O)CC[C@H]2[C@@H]3CCc4cc(OC)ccc4[C@H]3CC[C@@]21C. The van der Waals surface area contributed by atoms with Crippen molar-refractivity contribution in [2.24, 2.45) is 17.3 Å². The molecule has 24 heavy (non-hydrogen) atoms. The summed E-state index contributed by atoms with van der Waals surface area (Å²) in [5.74, 6) is 9.08. The quantitative estimate of drug-likeness (QED) is 0.780. The van der Waals surface area contributed by atoms with E-state index in [-0.39, 0.29) is 5.41 Å². The second kappa shape index (κ2) is 5.53. The predicted octanol–water partition coefficient (Wildman–Crippen LogP) is 4.31. The Kier molecular flexibility index (Phi) is 3.69. The maximum atomic E-state index is 11.2. The lowest BCUT2D eigenvalue weighted by atomic mass is 9.53. The Balaban J connectivity index is 1.69. The smallest absolute Gasteiger partial charge is 0.131 e. The van der Waals surface area contributed by atoms with Gasteiger partial charge >= 0.3 is 0 Å². The van der Waals surface area contributed by atoms with E-state index in [1.54, 1.807) is 7.11 Å². The molecule has 1 aromatic rings. The summed E-state index contributed by atoms with van der Waals surface area (Å²) in [6.45, 7) is 4.15. The summed E-state index contributed by atoms with van der Waals surface area (Å²) in [7, 11) is 1.74. The fourth-order valence-corrected chi connectivity index (χ4v) is 6.11. The number of rotatable bonds is 1. The first-order valence-electron chi connectivity index (χ1n) is 9.35. The van der Waals surface area contributed by atoms with Crippen molar-refractivity contribution in [3.8, 4) is 17.6 Å². The molecule has 2 fully saturated rings. The van der Waals surface area contributed by atoms with Gasteiger partial charge in [0.25, 0.3) is 0 Å². The highest BCUT2D eigenvalue weighted by molar-refractivity contribution is 5.41. The number of hydrogen-bond acceptors (Lipinski definition) is 2. The Morgan fingerprint density at radius 1 is 1.21 bits per heavy atom. The van der Waals surface area contributed by atoms with Crippen LogP contribution >= 0.6 is 0 Å². The van der Waals surface area contributed by atoms with Gasteiger partial charge in [-0.15, -0.1) is 5.92 Å². The molecule has 0 unspecified atom stereocenters. The molecule has 0 heterocycles. The topological polar surface area (TPSA) is 29.5 Å². The van der Waals surface area contributed by atoms with E-state index in [2.05, 4.69) is 37.0 Å². The second-order valence-electron chi connectivity index (χ2n) is 8.21. The number of hydrogen-bond donors (Lipinski definition) is 1. The summed E-state index contributed by atoms with van der Waals surface area (Å²) in [6, 6.07) is 6.64. The molecule has 128 valence electrons. The van der Waals surface area contributed by atoms with Crippen molar-refractivity contribution in [3.63, 3.8) is 0 Å². The summed E-state index contributed by atoms with van der Waals surface area (Å²) < 4.78 is 5.41. The first kappa shape index (κ1) is 16.0. The van der Waals surface area contributed by atoms with Gasteiger partial charge in [-0.25, -0.2) is 0 Å². The summed E-state index contributed by atoms with van der Waals surface area (Å²) in [4.78, 5) is 0. The maximum absolute atomic E-state index is 11.2.